The highest BCUT2D eigenvalue weighted by molar-refractivity contribution is 5.96. The number of nitrogens with zero attached hydrogens (tertiary/aromatic N) is 1. The lowest BCUT2D eigenvalue weighted by atomic mass is 10.3. The molecule has 1 amide bonds. The normalized spacial score (nSPS) is 8.75. The Morgan fingerprint density at radius 2 is 2.08 bits per heavy atom. The molecule has 0 aliphatic carbocycles. The summed E-state index contributed by atoms with van der Waals surface area (Å²) in [6.07, 6.45) is 5.00. The Kier molecular flexibility index (Phi) is 4.78. The molecular formula is C9H13NO2. The van der Waals surface area contributed by atoms with E-state index < -0.39 is 0 Å². The Morgan fingerprint density at radius 3 is 2.42 bits per heavy atom. The van der Waals surface area contributed by atoms with Gasteiger partial charge in [0.2, 0.25) is 5.91 Å². The molecule has 0 aliphatic rings. The predicted molar refractivity (Wildman–Crippen MR) is 46.4 cm³/mol. The molecule has 0 atom stereocenters. The van der Waals surface area contributed by atoms with E-state index in [9.17, 15) is 9.59 Å². The first kappa shape index (κ1) is 10.7. The van der Waals surface area contributed by atoms with Gasteiger partial charge in [-0.15, -0.1) is 6.42 Å². The van der Waals surface area contributed by atoms with Crippen LogP contribution in [0.4, 0.5) is 0 Å². The standard InChI is InChI=1S/C9H13NO2/c1-4-6-10(5-2)9(12)7-8(3)11/h1H,5-7H2,2-3H3. The second-order valence-corrected chi connectivity index (χ2v) is 2.49. The van der Waals surface area contributed by atoms with Crippen LogP contribution in [0.1, 0.15) is 20.3 Å². The number of amides is 1. The molecule has 3 nitrogen and oxygen atoms in total. The van der Waals surface area contributed by atoms with E-state index in [1.165, 1.54) is 11.8 Å². The van der Waals surface area contributed by atoms with Crippen LogP contribution < -0.4 is 0 Å². The van der Waals surface area contributed by atoms with Crippen LogP contribution in [-0.4, -0.2) is 29.7 Å². The maximum atomic E-state index is 11.2. The van der Waals surface area contributed by atoms with Crippen molar-refractivity contribution < 1.29 is 9.59 Å². The fourth-order valence-corrected chi connectivity index (χ4v) is 0.811. The summed E-state index contributed by atoms with van der Waals surface area (Å²) in [4.78, 5) is 23.2. The van der Waals surface area contributed by atoms with Gasteiger partial charge in [0.25, 0.3) is 0 Å². The largest absolute Gasteiger partial charge is 0.331 e. The lowest BCUT2D eigenvalue weighted by Gasteiger charge is -2.16. The molecule has 12 heavy (non-hydrogen) atoms. The van der Waals surface area contributed by atoms with Crippen LogP contribution >= 0.6 is 0 Å². The van der Waals surface area contributed by atoms with E-state index in [2.05, 4.69) is 5.92 Å². The van der Waals surface area contributed by atoms with Crippen molar-refractivity contribution in [1.82, 2.24) is 4.90 Å². The zero-order valence-electron chi connectivity index (χ0n) is 7.46. The number of carbonyl (C=O) groups is 2. The van der Waals surface area contributed by atoms with Gasteiger partial charge in [-0.2, -0.15) is 0 Å². The first-order chi connectivity index (χ1) is 5.61. The minimum Gasteiger partial charge on any atom is -0.331 e. The van der Waals surface area contributed by atoms with Gasteiger partial charge in [0.15, 0.2) is 0 Å². The van der Waals surface area contributed by atoms with Gasteiger partial charge in [0.1, 0.15) is 5.78 Å². The SMILES string of the molecule is C#CCN(CC)C(=O)CC(C)=O. The molecule has 0 aromatic heterocycles. The summed E-state index contributed by atoms with van der Waals surface area (Å²) in [6, 6.07) is 0. The van der Waals surface area contributed by atoms with Gasteiger partial charge in [-0.3, -0.25) is 9.59 Å². The van der Waals surface area contributed by atoms with Crippen LogP contribution in [0.3, 0.4) is 0 Å². The van der Waals surface area contributed by atoms with Gasteiger partial charge in [0.05, 0.1) is 13.0 Å². The molecule has 0 unspecified atom stereocenters. The van der Waals surface area contributed by atoms with Gasteiger partial charge < -0.3 is 4.90 Å². The summed E-state index contributed by atoms with van der Waals surface area (Å²) >= 11 is 0. The topological polar surface area (TPSA) is 37.4 Å². The maximum absolute atomic E-state index is 11.2. The van der Waals surface area contributed by atoms with E-state index in [0.29, 0.717) is 6.54 Å². The molecule has 0 heterocycles. The third-order valence-electron chi connectivity index (χ3n) is 1.42. The zero-order chi connectivity index (χ0) is 9.56. The zero-order valence-corrected chi connectivity index (χ0v) is 7.46. The molecule has 0 saturated heterocycles. The number of rotatable bonds is 4. The maximum Gasteiger partial charge on any atom is 0.230 e. The van der Waals surface area contributed by atoms with Crippen molar-refractivity contribution >= 4 is 11.7 Å². The highest BCUT2D eigenvalue weighted by Gasteiger charge is 2.11. The van der Waals surface area contributed by atoms with Crippen LogP contribution in [0.2, 0.25) is 0 Å². The number of hydrogen-bond donors (Lipinski definition) is 0. The van der Waals surface area contributed by atoms with Gasteiger partial charge in [-0.25, -0.2) is 0 Å². The number of carbonyl (C=O) groups excluding carboxylic acids is 2. The van der Waals surface area contributed by atoms with Crippen molar-refractivity contribution in [3.05, 3.63) is 0 Å². The average molecular weight is 167 g/mol. The number of hydrogen-bond acceptors (Lipinski definition) is 2. The molecule has 0 bridgehead atoms. The monoisotopic (exact) mass is 167 g/mol. The van der Waals surface area contributed by atoms with E-state index in [0.717, 1.165) is 0 Å². The van der Waals surface area contributed by atoms with E-state index >= 15 is 0 Å². The van der Waals surface area contributed by atoms with Crippen molar-refractivity contribution in [2.45, 2.75) is 20.3 Å². The molecule has 0 spiro atoms. The van der Waals surface area contributed by atoms with Crippen LogP contribution in [0.5, 0.6) is 0 Å². The summed E-state index contributed by atoms with van der Waals surface area (Å²) in [5.41, 5.74) is 0. The Bertz CT molecular complexity index is 215. The predicted octanol–water partition coefficient (Wildman–Crippen LogP) is 0.447. The van der Waals surface area contributed by atoms with E-state index in [1.54, 1.807) is 0 Å². The molecule has 0 aliphatic heterocycles. The van der Waals surface area contributed by atoms with Gasteiger partial charge in [-0.05, 0) is 13.8 Å². The van der Waals surface area contributed by atoms with Gasteiger partial charge >= 0.3 is 0 Å². The van der Waals surface area contributed by atoms with Crippen LogP contribution in [0, 0.1) is 12.3 Å². The van der Waals surface area contributed by atoms with Crippen molar-refractivity contribution in [1.29, 1.82) is 0 Å². The summed E-state index contributed by atoms with van der Waals surface area (Å²) in [6.45, 7) is 4.05. The fourth-order valence-electron chi connectivity index (χ4n) is 0.811. The van der Waals surface area contributed by atoms with E-state index in [1.807, 2.05) is 6.92 Å². The van der Waals surface area contributed by atoms with Crippen molar-refractivity contribution in [3.63, 3.8) is 0 Å². The molecule has 0 aromatic rings. The Morgan fingerprint density at radius 1 is 1.50 bits per heavy atom. The van der Waals surface area contributed by atoms with Gasteiger partial charge in [0, 0.05) is 6.54 Å². The van der Waals surface area contributed by atoms with Crippen molar-refractivity contribution in [3.8, 4) is 12.3 Å². The number of Topliss-reactive ketones (excluding diaryl/α,β-unsaturated/α-hetero) is 1. The Labute approximate surface area is 72.7 Å². The van der Waals surface area contributed by atoms with Crippen molar-refractivity contribution in [2.24, 2.45) is 0 Å². The van der Waals surface area contributed by atoms with Gasteiger partial charge in [-0.1, -0.05) is 5.92 Å². The van der Waals surface area contributed by atoms with Crippen LogP contribution in [-0.2, 0) is 9.59 Å². The fraction of sp³-hybridized carbons (Fsp3) is 0.556. The quantitative estimate of drug-likeness (QED) is 0.450. The first-order valence-electron chi connectivity index (χ1n) is 3.82. The minimum atomic E-state index is -0.192. The number of ketones is 1. The summed E-state index contributed by atoms with van der Waals surface area (Å²) in [5, 5.41) is 0. The molecule has 0 aromatic carbocycles. The lowest BCUT2D eigenvalue weighted by Crippen LogP contribution is -2.32. The molecule has 66 valence electrons. The lowest BCUT2D eigenvalue weighted by molar-refractivity contribution is -0.134. The van der Waals surface area contributed by atoms with Crippen LogP contribution in [0.25, 0.3) is 0 Å². The molecule has 0 radical (unpaired) electrons. The summed E-state index contributed by atoms with van der Waals surface area (Å²) in [5.74, 6) is 2.05. The highest BCUT2D eigenvalue weighted by Crippen LogP contribution is 1.93. The number of terminal acetylenes is 1. The second-order valence-electron chi connectivity index (χ2n) is 2.49. The van der Waals surface area contributed by atoms with Crippen molar-refractivity contribution in [2.75, 3.05) is 13.1 Å². The smallest absolute Gasteiger partial charge is 0.230 e. The first-order valence-corrected chi connectivity index (χ1v) is 3.82. The van der Waals surface area contributed by atoms with Crippen LogP contribution in [0.15, 0.2) is 0 Å². The Hall–Kier alpha value is -1.30. The van der Waals surface area contributed by atoms with E-state index in [4.69, 9.17) is 6.42 Å². The molecule has 0 N–H and O–H groups in total. The molecule has 0 saturated carbocycles. The molecular weight excluding hydrogens is 154 g/mol. The summed E-state index contributed by atoms with van der Waals surface area (Å²) in [7, 11) is 0. The molecule has 0 fully saturated rings. The Balaban J connectivity index is 4.04. The third-order valence-corrected chi connectivity index (χ3v) is 1.42. The highest BCUT2D eigenvalue weighted by atomic mass is 16.2. The average Bonchev–Trinajstić information content (AvgIpc) is 1.98. The molecule has 0 rings (SSSR count). The third kappa shape index (κ3) is 3.77. The van der Waals surface area contributed by atoms with E-state index in [-0.39, 0.29) is 24.7 Å². The second kappa shape index (κ2) is 5.36. The summed E-state index contributed by atoms with van der Waals surface area (Å²) < 4.78 is 0. The molecule has 3 heteroatoms. The minimum absolute atomic E-state index is 0.0461.